The molecule has 0 saturated heterocycles. The quantitative estimate of drug-likeness (QED) is 0.564. The summed E-state index contributed by atoms with van der Waals surface area (Å²) in [6.07, 6.45) is 4.53. The molecule has 1 N–H and O–H groups in total. The van der Waals surface area contributed by atoms with Gasteiger partial charge in [-0.2, -0.15) is 0 Å². The van der Waals surface area contributed by atoms with Crippen LogP contribution in [0.1, 0.15) is 55.7 Å². The third kappa shape index (κ3) is 15.5. The number of aliphatic carboxylic acids is 1. The van der Waals surface area contributed by atoms with E-state index in [1.54, 1.807) is 0 Å². The summed E-state index contributed by atoms with van der Waals surface area (Å²) in [5.74, 6) is -0.675. The molecule has 0 spiro atoms. The molecule has 0 bridgehead atoms. The Morgan fingerprint density at radius 1 is 1.23 bits per heavy atom. The number of unbranched alkanes of at least 4 members (excludes halogenated alkanes) is 2. The third-order valence-corrected chi connectivity index (χ3v) is 1.82. The smallest absolute Gasteiger partial charge is 1.00 e. The maximum absolute atomic E-state index is 10.2. The minimum absolute atomic E-state index is 0. The maximum atomic E-state index is 10.2. The van der Waals surface area contributed by atoms with Crippen molar-refractivity contribution in [1.82, 2.24) is 0 Å². The van der Waals surface area contributed by atoms with Gasteiger partial charge < -0.3 is 7.96 Å². The molecular weight excluding hydrogens is 192 g/mol. The Morgan fingerprint density at radius 2 is 1.77 bits per heavy atom. The molecule has 0 amide bonds. The second-order valence-electron chi connectivity index (χ2n) is 4.52. The summed E-state index contributed by atoms with van der Waals surface area (Å²) in [7, 11) is 0. The van der Waals surface area contributed by atoms with Gasteiger partial charge >= 0.3 is 43.7 Å². The normalized spacial score (nSPS) is 10.7. The van der Waals surface area contributed by atoms with Crippen LogP contribution in [0.5, 0.6) is 0 Å². The molecule has 0 aliphatic heterocycles. The zero-order valence-corrected chi connectivity index (χ0v) is 11.3. The number of carboxylic acid groups (broad SMARTS) is 1. The van der Waals surface area contributed by atoms with Crippen LogP contribution in [-0.4, -0.2) is 48.8 Å². The van der Waals surface area contributed by atoms with E-state index in [9.17, 15) is 4.79 Å². The van der Waals surface area contributed by atoms with Gasteiger partial charge in [-0.25, -0.2) is 0 Å². The summed E-state index contributed by atoms with van der Waals surface area (Å²) < 4.78 is 0. The van der Waals surface area contributed by atoms with Crippen LogP contribution in [-0.2, 0) is 4.79 Å². The predicted octanol–water partition coefficient (Wildman–Crippen LogP) is 2.91. The SMILES string of the molecule is CC(C)(C)CCCCCC(=O)O.[Ca+2].[H-].[H-]. The molecule has 0 unspecified atom stereocenters. The van der Waals surface area contributed by atoms with Crippen molar-refractivity contribution >= 4 is 43.7 Å². The first kappa shape index (κ1) is 16.2. The topological polar surface area (TPSA) is 37.3 Å². The molecule has 0 heterocycles. The van der Waals surface area contributed by atoms with Gasteiger partial charge in [0.1, 0.15) is 0 Å². The van der Waals surface area contributed by atoms with Crippen molar-refractivity contribution in [1.29, 1.82) is 0 Å². The van der Waals surface area contributed by atoms with Crippen molar-refractivity contribution in [3.8, 4) is 0 Å². The number of hydrogen-bond acceptors (Lipinski definition) is 1. The van der Waals surface area contributed by atoms with Crippen molar-refractivity contribution in [3.05, 3.63) is 0 Å². The molecule has 0 saturated carbocycles. The van der Waals surface area contributed by atoms with Gasteiger partial charge in [-0.3, -0.25) is 4.79 Å². The van der Waals surface area contributed by atoms with E-state index in [0.717, 1.165) is 19.3 Å². The van der Waals surface area contributed by atoms with Crippen molar-refractivity contribution in [2.75, 3.05) is 0 Å². The zero-order chi connectivity index (χ0) is 9.61. The zero-order valence-electron chi connectivity index (χ0n) is 11.1. The molecule has 0 aromatic rings. The Kier molecular flexibility index (Phi) is 10.0. The Balaban J connectivity index is -0.000000202. The Morgan fingerprint density at radius 3 is 2.15 bits per heavy atom. The molecular formula is C10H22CaO2. The minimum Gasteiger partial charge on any atom is -1.00 e. The maximum Gasteiger partial charge on any atom is 2.00 e. The second kappa shape index (κ2) is 8.07. The average Bonchev–Trinajstić information content (AvgIpc) is 1.83. The summed E-state index contributed by atoms with van der Waals surface area (Å²) in [4.78, 5) is 10.2. The molecule has 0 atom stereocenters. The molecule has 0 aliphatic carbocycles. The van der Waals surface area contributed by atoms with Crippen LogP contribution in [0.25, 0.3) is 0 Å². The van der Waals surface area contributed by atoms with Gasteiger partial charge in [-0.1, -0.05) is 33.6 Å². The third-order valence-electron chi connectivity index (χ3n) is 1.82. The van der Waals surface area contributed by atoms with E-state index in [0.29, 0.717) is 11.8 Å². The standard InChI is InChI=1S/C10H20O2.Ca.2H/c1-10(2,3)8-6-4-5-7-9(11)12;;;/h4-8H2,1-3H3,(H,11,12);;;/q;+2;2*-1. The molecule has 0 aliphatic rings. The summed E-state index contributed by atoms with van der Waals surface area (Å²) in [5, 5.41) is 8.37. The predicted molar refractivity (Wildman–Crippen MR) is 58.2 cm³/mol. The van der Waals surface area contributed by atoms with E-state index in [4.69, 9.17) is 5.11 Å². The number of carboxylic acids is 1. The van der Waals surface area contributed by atoms with E-state index in [-0.39, 0.29) is 40.6 Å². The first-order chi connectivity index (χ1) is 5.42. The van der Waals surface area contributed by atoms with Crippen LogP contribution in [0.15, 0.2) is 0 Å². The van der Waals surface area contributed by atoms with Crippen molar-refractivity contribution in [2.45, 2.75) is 52.9 Å². The Bertz CT molecular complexity index is 147. The molecule has 0 rings (SSSR count). The summed E-state index contributed by atoms with van der Waals surface area (Å²) in [5.41, 5.74) is 0.392. The van der Waals surface area contributed by atoms with Crippen LogP contribution in [0, 0.1) is 5.41 Å². The molecule has 76 valence electrons. The number of rotatable bonds is 5. The van der Waals surface area contributed by atoms with Crippen molar-refractivity contribution < 1.29 is 12.8 Å². The van der Waals surface area contributed by atoms with Crippen LogP contribution < -0.4 is 0 Å². The van der Waals surface area contributed by atoms with Gasteiger partial charge in [0.05, 0.1) is 0 Å². The van der Waals surface area contributed by atoms with Gasteiger partial charge in [-0.05, 0) is 18.3 Å². The van der Waals surface area contributed by atoms with Gasteiger partial charge in [-0.15, -0.1) is 0 Å². The molecule has 3 heteroatoms. The fourth-order valence-electron chi connectivity index (χ4n) is 1.11. The Labute approximate surface area is 114 Å². The van der Waals surface area contributed by atoms with Gasteiger partial charge in [0.15, 0.2) is 0 Å². The minimum atomic E-state index is -0.675. The largest absolute Gasteiger partial charge is 2.00 e. The van der Waals surface area contributed by atoms with Crippen LogP contribution in [0.4, 0.5) is 0 Å². The van der Waals surface area contributed by atoms with Gasteiger partial charge in [0.2, 0.25) is 0 Å². The van der Waals surface area contributed by atoms with E-state index in [1.165, 1.54) is 6.42 Å². The molecule has 13 heavy (non-hydrogen) atoms. The monoisotopic (exact) mass is 214 g/mol. The van der Waals surface area contributed by atoms with Crippen LogP contribution in [0.3, 0.4) is 0 Å². The summed E-state index contributed by atoms with van der Waals surface area (Å²) >= 11 is 0. The average molecular weight is 214 g/mol. The number of carbonyl (C=O) groups is 1. The first-order valence-electron chi connectivity index (χ1n) is 4.63. The van der Waals surface area contributed by atoms with E-state index >= 15 is 0 Å². The fourth-order valence-corrected chi connectivity index (χ4v) is 1.11. The molecule has 0 fully saturated rings. The van der Waals surface area contributed by atoms with Crippen LogP contribution >= 0.6 is 0 Å². The van der Waals surface area contributed by atoms with E-state index < -0.39 is 5.97 Å². The molecule has 0 aromatic heterocycles. The second-order valence-corrected chi connectivity index (χ2v) is 4.52. The van der Waals surface area contributed by atoms with Gasteiger partial charge in [0.25, 0.3) is 0 Å². The first-order valence-corrected chi connectivity index (χ1v) is 4.63. The molecule has 0 aromatic carbocycles. The summed E-state index contributed by atoms with van der Waals surface area (Å²) in [6, 6.07) is 0. The van der Waals surface area contributed by atoms with Crippen LogP contribution in [0.2, 0.25) is 0 Å². The number of hydrogen-bond donors (Lipinski definition) is 1. The molecule has 0 radical (unpaired) electrons. The van der Waals surface area contributed by atoms with Crippen molar-refractivity contribution in [3.63, 3.8) is 0 Å². The van der Waals surface area contributed by atoms with E-state index in [2.05, 4.69) is 20.8 Å². The van der Waals surface area contributed by atoms with Gasteiger partial charge in [0, 0.05) is 6.42 Å². The summed E-state index contributed by atoms with van der Waals surface area (Å²) in [6.45, 7) is 6.64. The Hall–Kier alpha value is 0.730. The fraction of sp³-hybridized carbons (Fsp3) is 0.900. The van der Waals surface area contributed by atoms with E-state index in [1.807, 2.05) is 0 Å². The molecule has 2 nitrogen and oxygen atoms in total. The van der Waals surface area contributed by atoms with Crippen molar-refractivity contribution in [2.24, 2.45) is 5.41 Å².